The van der Waals surface area contributed by atoms with Gasteiger partial charge >= 0.3 is 0 Å². The summed E-state index contributed by atoms with van der Waals surface area (Å²) in [7, 11) is 1.87. The molecule has 1 heterocycles. The molecule has 102 valence electrons. The Hall–Kier alpha value is -0.870. The van der Waals surface area contributed by atoms with Crippen LogP contribution < -0.4 is 5.32 Å². The monoisotopic (exact) mass is 251 g/mol. The highest BCUT2D eigenvalue weighted by molar-refractivity contribution is 5.14. The van der Waals surface area contributed by atoms with E-state index >= 15 is 0 Å². The molecule has 1 fully saturated rings. The quantitative estimate of drug-likeness (QED) is 0.858. The molecule has 0 amide bonds. The van der Waals surface area contributed by atoms with Gasteiger partial charge in [0.25, 0.3) is 0 Å². The second-order valence-electron chi connectivity index (χ2n) is 6.03. The molecule has 1 aliphatic carbocycles. The van der Waals surface area contributed by atoms with E-state index in [0.717, 1.165) is 11.5 Å². The number of aliphatic hydroxyl groups is 1. The van der Waals surface area contributed by atoms with Crippen molar-refractivity contribution in [1.82, 2.24) is 15.1 Å². The maximum absolute atomic E-state index is 10.5. The SMILES string of the molecule is CC1CCCC(NCC(C)(O)c2cnn(C)c2)C1. The molecule has 0 spiro atoms. The van der Waals surface area contributed by atoms with E-state index < -0.39 is 5.60 Å². The number of aromatic nitrogens is 2. The number of nitrogens with zero attached hydrogens (tertiary/aromatic N) is 2. The van der Waals surface area contributed by atoms with Gasteiger partial charge in [0.05, 0.1) is 6.20 Å². The molecule has 1 aliphatic rings. The Morgan fingerprint density at radius 1 is 1.56 bits per heavy atom. The minimum absolute atomic E-state index is 0.553. The van der Waals surface area contributed by atoms with Gasteiger partial charge in [-0.3, -0.25) is 4.68 Å². The molecule has 18 heavy (non-hydrogen) atoms. The molecular formula is C14H25N3O. The van der Waals surface area contributed by atoms with Crippen LogP contribution in [0.4, 0.5) is 0 Å². The summed E-state index contributed by atoms with van der Waals surface area (Å²) in [6.07, 6.45) is 8.72. The number of hydrogen-bond donors (Lipinski definition) is 2. The maximum Gasteiger partial charge on any atom is 0.102 e. The molecule has 1 aromatic rings. The summed E-state index contributed by atoms with van der Waals surface area (Å²) in [6, 6.07) is 0.553. The summed E-state index contributed by atoms with van der Waals surface area (Å²) in [5, 5.41) is 18.1. The zero-order chi connectivity index (χ0) is 13.2. The first-order valence-corrected chi connectivity index (χ1v) is 6.92. The summed E-state index contributed by atoms with van der Waals surface area (Å²) >= 11 is 0. The number of nitrogens with one attached hydrogen (secondary N) is 1. The molecular weight excluding hydrogens is 226 g/mol. The van der Waals surface area contributed by atoms with Gasteiger partial charge < -0.3 is 10.4 Å². The number of rotatable bonds is 4. The van der Waals surface area contributed by atoms with Gasteiger partial charge in [0.1, 0.15) is 5.60 Å². The summed E-state index contributed by atoms with van der Waals surface area (Å²) in [5.41, 5.74) is 0.0379. The van der Waals surface area contributed by atoms with E-state index in [1.165, 1.54) is 25.7 Å². The fraction of sp³-hybridized carbons (Fsp3) is 0.786. The third kappa shape index (κ3) is 3.33. The smallest absolute Gasteiger partial charge is 0.102 e. The highest BCUT2D eigenvalue weighted by Gasteiger charge is 2.27. The van der Waals surface area contributed by atoms with Crippen molar-refractivity contribution in [2.75, 3.05) is 6.54 Å². The van der Waals surface area contributed by atoms with Gasteiger partial charge in [-0.25, -0.2) is 0 Å². The standard InChI is InChI=1S/C14H25N3O/c1-11-5-4-6-13(7-11)15-10-14(2,18)12-8-16-17(3)9-12/h8-9,11,13,15,18H,4-7,10H2,1-3H3. The Labute approximate surface area is 109 Å². The van der Waals surface area contributed by atoms with Crippen LogP contribution in [0.25, 0.3) is 0 Å². The van der Waals surface area contributed by atoms with Gasteiger partial charge in [0.15, 0.2) is 0 Å². The van der Waals surface area contributed by atoms with Crippen LogP contribution in [0.5, 0.6) is 0 Å². The lowest BCUT2D eigenvalue weighted by atomic mass is 9.86. The zero-order valence-corrected chi connectivity index (χ0v) is 11.7. The van der Waals surface area contributed by atoms with Crippen molar-refractivity contribution < 1.29 is 5.11 Å². The van der Waals surface area contributed by atoms with Gasteiger partial charge in [-0.15, -0.1) is 0 Å². The summed E-state index contributed by atoms with van der Waals surface area (Å²) in [6.45, 7) is 4.76. The normalized spacial score (nSPS) is 28.0. The van der Waals surface area contributed by atoms with Crippen LogP contribution in [0.3, 0.4) is 0 Å². The summed E-state index contributed by atoms with van der Waals surface area (Å²) in [4.78, 5) is 0. The van der Waals surface area contributed by atoms with Crippen LogP contribution >= 0.6 is 0 Å². The molecule has 0 radical (unpaired) electrons. The molecule has 0 aliphatic heterocycles. The molecule has 3 atom stereocenters. The first-order valence-electron chi connectivity index (χ1n) is 6.92. The lowest BCUT2D eigenvalue weighted by Gasteiger charge is -2.31. The van der Waals surface area contributed by atoms with Gasteiger partial charge in [0, 0.05) is 31.4 Å². The third-order valence-electron chi connectivity index (χ3n) is 4.00. The van der Waals surface area contributed by atoms with Crippen LogP contribution in [0, 0.1) is 5.92 Å². The molecule has 3 unspecified atom stereocenters. The van der Waals surface area contributed by atoms with Crippen LogP contribution in [0.2, 0.25) is 0 Å². The molecule has 4 heteroatoms. The van der Waals surface area contributed by atoms with E-state index in [9.17, 15) is 5.11 Å². The average molecular weight is 251 g/mol. The Morgan fingerprint density at radius 3 is 2.94 bits per heavy atom. The maximum atomic E-state index is 10.5. The predicted molar refractivity (Wildman–Crippen MR) is 72.2 cm³/mol. The Bertz CT molecular complexity index is 386. The first-order chi connectivity index (χ1) is 8.47. The summed E-state index contributed by atoms with van der Waals surface area (Å²) in [5.74, 6) is 0.805. The Kier molecular flexibility index (Phi) is 4.07. The Balaban J connectivity index is 1.88. The molecule has 2 rings (SSSR count). The van der Waals surface area contributed by atoms with E-state index in [1.807, 2.05) is 20.2 Å². The Morgan fingerprint density at radius 2 is 2.33 bits per heavy atom. The lowest BCUT2D eigenvalue weighted by molar-refractivity contribution is 0.0511. The van der Waals surface area contributed by atoms with Crippen molar-refractivity contribution in [3.8, 4) is 0 Å². The fourth-order valence-corrected chi connectivity index (χ4v) is 2.76. The van der Waals surface area contributed by atoms with Crippen LogP contribution in [-0.4, -0.2) is 27.5 Å². The topological polar surface area (TPSA) is 50.1 Å². The highest BCUT2D eigenvalue weighted by Crippen LogP contribution is 2.25. The molecule has 1 aromatic heterocycles. The molecule has 0 saturated heterocycles. The van der Waals surface area contributed by atoms with E-state index in [1.54, 1.807) is 10.9 Å². The third-order valence-corrected chi connectivity index (χ3v) is 4.00. The predicted octanol–water partition coefficient (Wildman–Crippen LogP) is 1.80. The van der Waals surface area contributed by atoms with Crippen molar-refractivity contribution in [2.24, 2.45) is 13.0 Å². The minimum Gasteiger partial charge on any atom is -0.384 e. The van der Waals surface area contributed by atoms with Crippen LogP contribution in [-0.2, 0) is 12.6 Å². The van der Waals surface area contributed by atoms with E-state index in [2.05, 4.69) is 17.3 Å². The van der Waals surface area contributed by atoms with E-state index in [4.69, 9.17) is 0 Å². The molecule has 1 saturated carbocycles. The number of aryl methyl sites for hydroxylation is 1. The minimum atomic E-state index is -0.838. The summed E-state index contributed by atoms with van der Waals surface area (Å²) < 4.78 is 1.73. The van der Waals surface area contributed by atoms with Crippen LogP contribution in [0.15, 0.2) is 12.4 Å². The van der Waals surface area contributed by atoms with Crippen molar-refractivity contribution in [3.05, 3.63) is 18.0 Å². The van der Waals surface area contributed by atoms with Gasteiger partial charge in [-0.1, -0.05) is 19.8 Å². The average Bonchev–Trinajstić information content (AvgIpc) is 2.74. The molecule has 0 bridgehead atoms. The van der Waals surface area contributed by atoms with Crippen molar-refractivity contribution in [1.29, 1.82) is 0 Å². The largest absolute Gasteiger partial charge is 0.384 e. The second kappa shape index (κ2) is 5.41. The fourth-order valence-electron chi connectivity index (χ4n) is 2.76. The zero-order valence-electron chi connectivity index (χ0n) is 11.7. The van der Waals surface area contributed by atoms with E-state index in [-0.39, 0.29) is 0 Å². The lowest BCUT2D eigenvalue weighted by Crippen LogP contribution is -2.42. The number of hydrogen-bond acceptors (Lipinski definition) is 3. The first kappa shape index (κ1) is 13.6. The van der Waals surface area contributed by atoms with E-state index in [0.29, 0.717) is 12.6 Å². The van der Waals surface area contributed by atoms with Crippen LogP contribution in [0.1, 0.15) is 45.1 Å². The molecule has 4 nitrogen and oxygen atoms in total. The van der Waals surface area contributed by atoms with Crippen molar-refractivity contribution in [3.63, 3.8) is 0 Å². The van der Waals surface area contributed by atoms with Gasteiger partial charge in [-0.05, 0) is 25.7 Å². The second-order valence-corrected chi connectivity index (χ2v) is 6.03. The molecule has 2 N–H and O–H groups in total. The van der Waals surface area contributed by atoms with Crippen molar-refractivity contribution in [2.45, 2.75) is 51.2 Å². The van der Waals surface area contributed by atoms with Gasteiger partial charge in [0.2, 0.25) is 0 Å². The van der Waals surface area contributed by atoms with Crippen molar-refractivity contribution >= 4 is 0 Å². The van der Waals surface area contributed by atoms with Gasteiger partial charge in [-0.2, -0.15) is 5.10 Å². The highest BCUT2D eigenvalue weighted by atomic mass is 16.3. The molecule has 0 aromatic carbocycles.